The van der Waals surface area contributed by atoms with Crippen LogP contribution in [0.25, 0.3) is 0 Å². The van der Waals surface area contributed by atoms with Crippen LogP contribution < -0.4 is 0 Å². The molecular formula is C9H15N3. The lowest BCUT2D eigenvalue weighted by atomic mass is 10.1. The van der Waals surface area contributed by atoms with E-state index in [1.54, 1.807) is 0 Å². The molecule has 1 aromatic rings. The lowest BCUT2D eigenvalue weighted by Crippen LogP contribution is -2.22. The zero-order chi connectivity index (χ0) is 8.77. The molecule has 1 saturated carbocycles. The van der Waals surface area contributed by atoms with Crippen molar-refractivity contribution in [3.05, 3.63) is 11.9 Å². The van der Waals surface area contributed by atoms with Gasteiger partial charge < -0.3 is 0 Å². The Kier molecular flexibility index (Phi) is 1.50. The summed E-state index contributed by atoms with van der Waals surface area (Å²) in [7, 11) is 0. The largest absolute Gasteiger partial charge is 0.247 e. The molecule has 1 aliphatic carbocycles. The van der Waals surface area contributed by atoms with Gasteiger partial charge >= 0.3 is 0 Å². The number of nitrogens with zero attached hydrogens (tertiary/aromatic N) is 3. The Hall–Kier alpha value is -0.860. The first-order valence-electron chi connectivity index (χ1n) is 4.50. The van der Waals surface area contributed by atoms with Gasteiger partial charge in [0.2, 0.25) is 0 Å². The van der Waals surface area contributed by atoms with E-state index in [0.717, 1.165) is 0 Å². The van der Waals surface area contributed by atoms with Crippen molar-refractivity contribution in [3.8, 4) is 0 Å². The molecular weight excluding hydrogens is 150 g/mol. The third kappa shape index (κ3) is 1.36. The van der Waals surface area contributed by atoms with Gasteiger partial charge in [-0.15, -0.1) is 5.10 Å². The Bertz CT molecular complexity index is 278. The predicted molar refractivity (Wildman–Crippen MR) is 47.0 cm³/mol. The van der Waals surface area contributed by atoms with Gasteiger partial charge in [-0.25, -0.2) is 4.68 Å². The Labute approximate surface area is 72.8 Å². The molecule has 0 unspecified atom stereocenters. The Morgan fingerprint density at radius 2 is 2.08 bits per heavy atom. The summed E-state index contributed by atoms with van der Waals surface area (Å²) in [6.07, 6.45) is 4.67. The molecule has 0 radical (unpaired) electrons. The SMILES string of the molecule is CC(C)(C)n1cc(C2CC2)nn1. The van der Waals surface area contributed by atoms with Gasteiger partial charge in [0.25, 0.3) is 0 Å². The fourth-order valence-electron chi connectivity index (χ4n) is 1.17. The molecule has 3 heteroatoms. The molecule has 0 bridgehead atoms. The van der Waals surface area contributed by atoms with Gasteiger partial charge in [-0.2, -0.15) is 0 Å². The molecule has 2 rings (SSSR count). The molecule has 1 fully saturated rings. The lowest BCUT2D eigenvalue weighted by molar-refractivity contribution is 0.347. The highest BCUT2D eigenvalue weighted by atomic mass is 15.4. The maximum atomic E-state index is 4.16. The average molecular weight is 165 g/mol. The van der Waals surface area contributed by atoms with Crippen LogP contribution in [0.1, 0.15) is 45.2 Å². The molecule has 0 aromatic carbocycles. The van der Waals surface area contributed by atoms with E-state index in [-0.39, 0.29) is 5.54 Å². The van der Waals surface area contributed by atoms with E-state index in [2.05, 4.69) is 37.3 Å². The van der Waals surface area contributed by atoms with E-state index in [9.17, 15) is 0 Å². The van der Waals surface area contributed by atoms with Crippen LogP contribution in [0.4, 0.5) is 0 Å². The molecule has 0 atom stereocenters. The Morgan fingerprint density at radius 1 is 1.42 bits per heavy atom. The average Bonchev–Trinajstić information content (AvgIpc) is 2.66. The number of aromatic nitrogens is 3. The van der Waals surface area contributed by atoms with Crippen LogP contribution in [0.2, 0.25) is 0 Å². The fourth-order valence-corrected chi connectivity index (χ4v) is 1.17. The summed E-state index contributed by atoms with van der Waals surface area (Å²) in [5.74, 6) is 0.709. The third-order valence-electron chi connectivity index (χ3n) is 2.19. The smallest absolute Gasteiger partial charge is 0.0858 e. The highest BCUT2D eigenvalue weighted by Crippen LogP contribution is 2.38. The Balaban J connectivity index is 2.23. The molecule has 0 saturated heterocycles. The minimum Gasteiger partial charge on any atom is -0.247 e. The minimum atomic E-state index is 0.0696. The topological polar surface area (TPSA) is 30.7 Å². The molecule has 0 amide bonds. The van der Waals surface area contributed by atoms with Crippen LogP contribution in [0, 0.1) is 0 Å². The van der Waals surface area contributed by atoms with Crippen LogP contribution in [0.15, 0.2) is 6.20 Å². The first kappa shape index (κ1) is 7.77. The second kappa shape index (κ2) is 2.31. The fraction of sp³-hybridized carbons (Fsp3) is 0.778. The lowest BCUT2D eigenvalue weighted by Gasteiger charge is -2.17. The normalized spacial score (nSPS) is 18.2. The van der Waals surface area contributed by atoms with Crippen molar-refractivity contribution in [2.45, 2.75) is 45.1 Å². The van der Waals surface area contributed by atoms with Crippen LogP contribution in [0.5, 0.6) is 0 Å². The highest BCUT2D eigenvalue weighted by Gasteiger charge is 2.27. The first-order valence-corrected chi connectivity index (χ1v) is 4.50. The Morgan fingerprint density at radius 3 is 2.50 bits per heavy atom. The molecule has 66 valence electrons. The molecule has 0 spiro atoms. The van der Waals surface area contributed by atoms with E-state index < -0.39 is 0 Å². The van der Waals surface area contributed by atoms with Gasteiger partial charge in [0, 0.05) is 12.1 Å². The zero-order valence-corrected chi connectivity index (χ0v) is 7.91. The van der Waals surface area contributed by atoms with Crippen LogP contribution in [0.3, 0.4) is 0 Å². The minimum absolute atomic E-state index is 0.0696. The molecule has 1 aliphatic rings. The van der Waals surface area contributed by atoms with E-state index in [0.29, 0.717) is 5.92 Å². The van der Waals surface area contributed by atoms with Gasteiger partial charge in [-0.1, -0.05) is 5.21 Å². The van der Waals surface area contributed by atoms with Crippen molar-refractivity contribution >= 4 is 0 Å². The van der Waals surface area contributed by atoms with E-state index >= 15 is 0 Å². The number of rotatable bonds is 1. The van der Waals surface area contributed by atoms with Gasteiger partial charge in [0.15, 0.2) is 0 Å². The van der Waals surface area contributed by atoms with Crippen molar-refractivity contribution in [1.82, 2.24) is 15.0 Å². The van der Waals surface area contributed by atoms with E-state index in [4.69, 9.17) is 0 Å². The summed E-state index contributed by atoms with van der Waals surface area (Å²) >= 11 is 0. The molecule has 0 N–H and O–H groups in total. The van der Waals surface area contributed by atoms with Crippen molar-refractivity contribution in [2.75, 3.05) is 0 Å². The number of hydrogen-bond donors (Lipinski definition) is 0. The van der Waals surface area contributed by atoms with Gasteiger partial charge in [0.05, 0.1) is 11.2 Å². The monoisotopic (exact) mass is 165 g/mol. The third-order valence-corrected chi connectivity index (χ3v) is 2.19. The summed E-state index contributed by atoms with van der Waals surface area (Å²) in [6, 6.07) is 0. The molecule has 0 aliphatic heterocycles. The summed E-state index contributed by atoms with van der Waals surface area (Å²) in [6.45, 7) is 6.41. The quantitative estimate of drug-likeness (QED) is 0.636. The van der Waals surface area contributed by atoms with Gasteiger partial charge in [-0.3, -0.25) is 0 Å². The predicted octanol–water partition coefficient (Wildman–Crippen LogP) is 1.91. The second-order valence-corrected chi connectivity index (χ2v) is 4.53. The summed E-state index contributed by atoms with van der Waals surface area (Å²) in [4.78, 5) is 0. The van der Waals surface area contributed by atoms with Crippen molar-refractivity contribution < 1.29 is 0 Å². The summed E-state index contributed by atoms with van der Waals surface area (Å²) in [5.41, 5.74) is 1.24. The van der Waals surface area contributed by atoms with E-state index in [1.165, 1.54) is 18.5 Å². The zero-order valence-electron chi connectivity index (χ0n) is 7.91. The highest BCUT2D eigenvalue weighted by molar-refractivity contribution is 5.09. The van der Waals surface area contributed by atoms with Crippen LogP contribution in [-0.4, -0.2) is 15.0 Å². The molecule has 1 aromatic heterocycles. The summed E-state index contributed by atoms with van der Waals surface area (Å²) in [5, 5.41) is 8.27. The first-order chi connectivity index (χ1) is 5.57. The van der Waals surface area contributed by atoms with Crippen molar-refractivity contribution in [1.29, 1.82) is 0 Å². The molecule has 12 heavy (non-hydrogen) atoms. The molecule has 1 heterocycles. The standard InChI is InChI=1S/C9H15N3/c1-9(2,3)12-6-8(10-11-12)7-4-5-7/h6-7H,4-5H2,1-3H3. The number of hydrogen-bond acceptors (Lipinski definition) is 2. The van der Waals surface area contributed by atoms with Crippen LogP contribution in [-0.2, 0) is 5.54 Å². The van der Waals surface area contributed by atoms with Crippen LogP contribution >= 0.6 is 0 Å². The van der Waals surface area contributed by atoms with Crippen molar-refractivity contribution in [2.24, 2.45) is 0 Å². The molecule has 3 nitrogen and oxygen atoms in total. The van der Waals surface area contributed by atoms with E-state index in [1.807, 2.05) is 4.68 Å². The second-order valence-electron chi connectivity index (χ2n) is 4.53. The maximum absolute atomic E-state index is 4.16. The van der Waals surface area contributed by atoms with Crippen molar-refractivity contribution in [3.63, 3.8) is 0 Å². The maximum Gasteiger partial charge on any atom is 0.0858 e. The van der Waals surface area contributed by atoms with Gasteiger partial charge in [0.1, 0.15) is 0 Å². The van der Waals surface area contributed by atoms with Gasteiger partial charge in [-0.05, 0) is 33.6 Å². The summed E-state index contributed by atoms with van der Waals surface area (Å²) < 4.78 is 1.95.